The van der Waals surface area contributed by atoms with Crippen molar-refractivity contribution in [1.29, 1.82) is 5.26 Å². The fourth-order valence-electron chi connectivity index (χ4n) is 4.60. The zero-order valence-electron chi connectivity index (χ0n) is 18.6. The molecule has 1 saturated carbocycles. The minimum Gasteiger partial charge on any atom is -0.454 e. The van der Waals surface area contributed by atoms with Crippen molar-refractivity contribution in [2.24, 2.45) is 17.3 Å². The van der Waals surface area contributed by atoms with Crippen LogP contribution in [0.2, 0.25) is 0 Å². The van der Waals surface area contributed by atoms with E-state index in [-0.39, 0.29) is 17.3 Å². The standard InChI is InChI=1S/C21H32N4O5/c1-13(2)20(6,12-22)23-15(26)10-30-16(27)9-25-17(28)21(24-18(25)29)8-14(3)7-19(4,5)11-21/h13-14H,7-11H2,1-6H3,(H,23,26)(H,24,29)/t14-,20-,21-/m0/s1. The summed E-state index contributed by atoms with van der Waals surface area (Å²) in [4.78, 5) is 50.5. The van der Waals surface area contributed by atoms with Gasteiger partial charge in [-0.3, -0.25) is 19.3 Å². The molecule has 3 atom stereocenters. The number of esters is 1. The summed E-state index contributed by atoms with van der Waals surface area (Å²) in [6, 6.07) is 1.41. The Bertz CT molecular complexity index is 787. The number of carbonyl (C=O) groups is 4. The molecule has 2 N–H and O–H groups in total. The van der Waals surface area contributed by atoms with E-state index in [9.17, 15) is 24.4 Å². The highest BCUT2D eigenvalue weighted by molar-refractivity contribution is 6.08. The number of nitrogens with one attached hydrogen (secondary N) is 2. The highest BCUT2D eigenvalue weighted by atomic mass is 16.5. The van der Waals surface area contributed by atoms with Gasteiger partial charge in [-0.15, -0.1) is 0 Å². The SMILES string of the molecule is CC(C)[C@](C)(C#N)NC(=O)COC(=O)CN1C(=O)N[C@]2(C[C@@H](C)CC(C)(C)C2)C1=O. The molecule has 2 aliphatic rings. The van der Waals surface area contributed by atoms with E-state index in [1.54, 1.807) is 20.8 Å². The number of ether oxygens (including phenoxy) is 1. The van der Waals surface area contributed by atoms with E-state index in [0.29, 0.717) is 12.8 Å². The first-order valence-corrected chi connectivity index (χ1v) is 10.3. The van der Waals surface area contributed by atoms with Crippen molar-refractivity contribution in [3.63, 3.8) is 0 Å². The third kappa shape index (κ3) is 4.91. The number of carbonyl (C=O) groups excluding carboxylic acids is 4. The summed E-state index contributed by atoms with van der Waals surface area (Å²) in [7, 11) is 0. The van der Waals surface area contributed by atoms with Gasteiger partial charge in [0.2, 0.25) is 0 Å². The van der Waals surface area contributed by atoms with Crippen LogP contribution < -0.4 is 10.6 Å². The third-order valence-corrected chi connectivity index (χ3v) is 6.06. The van der Waals surface area contributed by atoms with E-state index < -0.39 is 48.0 Å². The van der Waals surface area contributed by atoms with Gasteiger partial charge in [-0.1, -0.05) is 34.6 Å². The number of nitrogens with zero attached hydrogens (tertiary/aromatic N) is 2. The van der Waals surface area contributed by atoms with Crippen LogP contribution in [0.4, 0.5) is 4.79 Å². The molecule has 1 saturated heterocycles. The Hall–Kier alpha value is -2.63. The summed E-state index contributed by atoms with van der Waals surface area (Å²) in [6.45, 7) is 10.2. The molecular weight excluding hydrogens is 388 g/mol. The molecule has 0 aromatic heterocycles. The van der Waals surface area contributed by atoms with E-state index in [4.69, 9.17) is 4.74 Å². The summed E-state index contributed by atoms with van der Waals surface area (Å²) in [5.41, 5.74) is -2.20. The maximum atomic E-state index is 13.0. The van der Waals surface area contributed by atoms with Crippen LogP contribution in [0, 0.1) is 28.6 Å². The number of hydrogen-bond donors (Lipinski definition) is 2. The predicted molar refractivity (Wildman–Crippen MR) is 108 cm³/mol. The lowest BCUT2D eigenvalue weighted by Crippen LogP contribution is -2.54. The summed E-state index contributed by atoms with van der Waals surface area (Å²) in [6.07, 6.45) is 1.98. The van der Waals surface area contributed by atoms with Crippen molar-refractivity contribution in [3.05, 3.63) is 0 Å². The molecule has 30 heavy (non-hydrogen) atoms. The van der Waals surface area contributed by atoms with Crippen LogP contribution in [0.25, 0.3) is 0 Å². The van der Waals surface area contributed by atoms with Gasteiger partial charge in [0.05, 0.1) is 6.07 Å². The molecule has 0 aromatic rings. The first kappa shape index (κ1) is 23.6. The molecule has 1 aliphatic carbocycles. The lowest BCUT2D eigenvalue weighted by Gasteiger charge is -2.43. The zero-order chi connectivity index (χ0) is 22.9. The largest absolute Gasteiger partial charge is 0.454 e. The van der Waals surface area contributed by atoms with Gasteiger partial charge in [0.25, 0.3) is 11.8 Å². The van der Waals surface area contributed by atoms with Crippen LogP contribution in [0.15, 0.2) is 0 Å². The molecule has 0 aromatic carbocycles. The Morgan fingerprint density at radius 2 is 2.00 bits per heavy atom. The first-order valence-electron chi connectivity index (χ1n) is 10.3. The van der Waals surface area contributed by atoms with E-state index in [1.807, 2.05) is 13.0 Å². The predicted octanol–water partition coefficient (Wildman–Crippen LogP) is 1.72. The Labute approximate surface area is 177 Å². The average molecular weight is 421 g/mol. The monoisotopic (exact) mass is 420 g/mol. The van der Waals surface area contributed by atoms with Gasteiger partial charge >= 0.3 is 12.0 Å². The van der Waals surface area contributed by atoms with Gasteiger partial charge in [-0.05, 0) is 43.4 Å². The molecule has 2 fully saturated rings. The molecule has 4 amide bonds. The van der Waals surface area contributed by atoms with Crippen molar-refractivity contribution in [3.8, 4) is 6.07 Å². The van der Waals surface area contributed by atoms with Crippen LogP contribution in [-0.4, -0.2) is 52.9 Å². The van der Waals surface area contributed by atoms with Gasteiger partial charge in [-0.2, -0.15) is 5.26 Å². The second-order valence-electron chi connectivity index (χ2n) is 9.94. The van der Waals surface area contributed by atoms with Crippen LogP contribution in [0.1, 0.15) is 60.8 Å². The van der Waals surface area contributed by atoms with Gasteiger partial charge in [0, 0.05) is 0 Å². The molecule has 1 aliphatic heterocycles. The maximum absolute atomic E-state index is 13.0. The lowest BCUT2D eigenvalue weighted by atomic mass is 9.64. The van der Waals surface area contributed by atoms with E-state index >= 15 is 0 Å². The fraction of sp³-hybridized carbons (Fsp3) is 0.762. The van der Waals surface area contributed by atoms with Crippen molar-refractivity contribution in [2.75, 3.05) is 13.2 Å². The van der Waals surface area contributed by atoms with E-state index in [1.165, 1.54) is 0 Å². The topological polar surface area (TPSA) is 129 Å². The van der Waals surface area contributed by atoms with Crippen molar-refractivity contribution >= 4 is 23.8 Å². The molecule has 1 heterocycles. The molecule has 9 nitrogen and oxygen atoms in total. The highest BCUT2D eigenvalue weighted by Gasteiger charge is 2.56. The lowest BCUT2D eigenvalue weighted by molar-refractivity contribution is -0.151. The first-order chi connectivity index (χ1) is 13.7. The van der Waals surface area contributed by atoms with Crippen molar-refractivity contribution in [1.82, 2.24) is 15.5 Å². The molecule has 0 radical (unpaired) electrons. The number of urea groups is 1. The Morgan fingerprint density at radius 3 is 2.53 bits per heavy atom. The van der Waals surface area contributed by atoms with Gasteiger partial charge in [-0.25, -0.2) is 4.79 Å². The molecular formula is C21H32N4O5. The minimum absolute atomic E-state index is 0.112. The average Bonchev–Trinajstić information content (AvgIpc) is 2.81. The second-order valence-corrected chi connectivity index (χ2v) is 9.94. The van der Waals surface area contributed by atoms with E-state index in [0.717, 1.165) is 11.3 Å². The van der Waals surface area contributed by atoms with Gasteiger partial charge < -0.3 is 15.4 Å². The fourth-order valence-corrected chi connectivity index (χ4v) is 4.60. The normalized spacial score (nSPS) is 27.4. The molecule has 0 bridgehead atoms. The second kappa shape index (κ2) is 8.25. The number of amides is 4. The van der Waals surface area contributed by atoms with E-state index in [2.05, 4.69) is 24.5 Å². The highest BCUT2D eigenvalue weighted by Crippen LogP contribution is 2.46. The number of rotatable bonds is 6. The third-order valence-electron chi connectivity index (χ3n) is 6.06. The van der Waals surface area contributed by atoms with Crippen molar-refractivity contribution < 1.29 is 23.9 Å². The zero-order valence-corrected chi connectivity index (χ0v) is 18.6. The number of imide groups is 1. The molecule has 166 valence electrons. The van der Waals surface area contributed by atoms with Crippen LogP contribution in [0.5, 0.6) is 0 Å². The maximum Gasteiger partial charge on any atom is 0.326 e. The van der Waals surface area contributed by atoms with Crippen LogP contribution in [-0.2, 0) is 19.1 Å². The summed E-state index contributed by atoms with van der Waals surface area (Å²) >= 11 is 0. The number of hydrogen-bond acceptors (Lipinski definition) is 6. The molecule has 0 unspecified atom stereocenters. The van der Waals surface area contributed by atoms with Crippen LogP contribution >= 0.6 is 0 Å². The molecule has 9 heteroatoms. The number of nitriles is 1. The smallest absolute Gasteiger partial charge is 0.326 e. The Morgan fingerprint density at radius 1 is 1.37 bits per heavy atom. The molecule has 1 spiro atoms. The van der Waals surface area contributed by atoms with Crippen molar-refractivity contribution in [2.45, 2.75) is 71.9 Å². The summed E-state index contributed by atoms with van der Waals surface area (Å²) in [5.74, 6) is -1.81. The quantitative estimate of drug-likeness (QED) is 0.497. The molecule has 2 rings (SSSR count). The summed E-state index contributed by atoms with van der Waals surface area (Å²) < 4.78 is 4.94. The Kier molecular flexibility index (Phi) is 6.50. The summed E-state index contributed by atoms with van der Waals surface area (Å²) in [5, 5.41) is 14.6. The minimum atomic E-state index is -1.09. The Balaban J connectivity index is 1.96. The van der Waals surface area contributed by atoms with Gasteiger partial charge in [0.15, 0.2) is 6.61 Å². The van der Waals surface area contributed by atoms with Crippen LogP contribution in [0.3, 0.4) is 0 Å². The van der Waals surface area contributed by atoms with Gasteiger partial charge in [0.1, 0.15) is 17.6 Å².